The molecule has 0 N–H and O–H groups in total. The first-order valence-corrected chi connectivity index (χ1v) is 4.85. The highest BCUT2D eigenvalue weighted by atomic mass is 16.5. The fourth-order valence-corrected chi connectivity index (χ4v) is 0.939. The van der Waals surface area contributed by atoms with E-state index in [-0.39, 0.29) is 5.82 Å². The van der Waals surface area contributed by atoms with E-state index in [1.54, 1.807) is 6.92 Å². The summed E-state index contributed by atoms with van der Waals surface area (Å²) >= 11 is 0. The van der Waals surface area contributed by atoms with Gasteiger partial charge >= 0.3 is 5.97 Å². The highest BCUT2D eigenvalue weighted by Gasteiger charge is 2.14. The Kier molecular flexibility index (Phi) is 4.76. The van der Waals surface area contributed by atoms with Crippen molar-refractivity contribution in [2.24, 2.45) is 0 Å². The van der Waals surface area contributed by atoms with Gasteiger partial charge in [-0.25, -0.2) is 4.79 Å². The molecule has 0 aromatic carbocycles. The number of ether oxygens (including phenoxy) is 2. The first kappa shape index (κ1) is 11.6. The van der Waals surface area contributed by atoms with Crippen molar-refractivity contribution in [2.45, 2.75) is 20.3 Å². The van der Waals surface area contributed by atoms with Crippen molar-refractivity contribution >= 4 is 5.97 Å². The summed E-state index contributed by atoms with van der Waals surface area (Å²) in [4.78, 5) is 15.0. The number of hydrogen-bond donors (Lipinski definition) is 0. The summed E-state index contributed by atoms with van der Waals surface area (Å²) in [5.74, 6) is -0.223. The number of aromatic nitrogens is 2. The molecule has 6 nitrogen and oxygen atoms in total. The molecule has 1 heterocycles. The van der Waals surface area contributed by atoms with Crippen molar-refractivity contribution in [1.29, 1.82) is 0 Å². The molecule has 0 atom stereocenters. The summed E-state index contributed by atoms with van der Waals surface area (Å²) in [5.41, 5.74) is 0. The summed E-state index contributed by atoms with van der Waals surface area (Å²) in [7, 11) is 0. The zero-order valence-corrected chi connectivity index (χ0v) is 8.86. The van der Waals surface area contributed by atoms with Crippen molar-refractivity contribution in [3.63, 3.8) is 0 Å². The largest absolute Gasteiger partial charge is 0.460 e. The quantitative estimate of drug-likeness (QED) is 0.515. The minimum atomic E-state index is -0.566. The van der Waals surface area contributed by atoms with Gasteiger partial charge in [0, 0.05) is 6.61 Å². The fourth-order valence-electron chi connectivity index (χ4n) is 0.939. The number of hydrogen-bond acceptors (Lipinski definition) is 6. The minimum Gasteiger partial charge on any atom is -0.460 e. The third-order valence-corrected chi connectivity index (χ3v) is 1.59. The van der Waals surface area contributed by atoms with Gasteiger partial charge < -0.3 is 14.0 Å². The molecule has 0 fully saturated rings. The van der Waals surface area contributed by atoms with Crippen LogP contribution < -0.4 is 0 Å². The lowest BCUT2D eigenvalue weighted by atomic mass is 10.4. The van der Waals surface area contributed by atoms with Crippen LogP contribution in [-0.2, 0) is 15.9 Å². The summed E-state index contributed by atoms with van der Waals surface area (Å²) in [6, 6.07) is 0. The lowest BCUT2D eigenvalue weighted by Crippen LogP contribution is -2.07. The van der Waals surface area contributed by atoms with Gasteiger partial charge in [-0.05, 0) is 19.0 Å². The molecule has 1 aromatic heterocycles. The first-order chi connectivity index (χ1) is 7.27. The standard InChI is InChI=1S/C9H14N2O4/c1-3-13-6-5-7-10-8(11-15-7)9(12)14-4-2/h3-6H2,1-2H3. The Morgan fingerprint density at radius 2 is 2.20 bits per heavy atom. The zero-order valence-electron chi connectivity index (χ0n) is 8.86. The lowest BCUT2D eigenvalue weighted by Gasteiger charge is -1.95. The predicted octanol–water partition coefficient (Wildman–Crippen LogP) is 0.825. The Morgan fingerprint density at radius 3 is 2.87 bits per heavy atom. The topological polar surface area (TPSA) is 74.5 Å². The zero-order chi connectivity index (χ0) is 11.1. The van der Waals surface area contributed by atoms with E-state index in [1.165, 1.54) is 0 Å². The van der Waals surface area contributed by atoms with Crippen LogP contribution in [0.15, 0.2) is 4.52 Å². The highest BCUT2D eigenvalue weighted by Crippen LogP contribution is 2.00. The van der Waals surface area contributed by atoms with Crippen LogP contribution in [0.25, 0.3) is 0 Å². The smallest absolute Gasteiger partial charge is 0.379 e. The van der Waals surface area contributed by atoms with Crippen LogP contribution in [0.4, 0.5) is 0 Å². The number of esters is 1. The molecule has 0 aliphatic rings. The van der Waals surface area contributed by atoms with E-state index in [9.17, 15) is 4.79 Å². The second-order valence-corrected chi connectivity index (χ2v) is 2.68. The summed E-state index contributed by atoms with van der Waals surface area (Å²) in [6.07, 6.45) is 0.500. The molecule has 84 valence electrons. The van der Waals surface area contributed by atoms with Crippen molar-refractivity contribution in [1.82, 2.24) is 10.1 Å². The molecule has 0 unspecified atom stereocenters. The molecule has 1 rings (SSSR count). The van der Waals surface area contributed by atoms with Crippen LogP contribution in [0.5, 0.6) is 0 Å². The van der Waals surface area contributed by atoms with Gasteiger partial charge in [0.1, 0.15) is 0 Å². The normalized spacial score (nSPS) is 10.3. The van der Waals surface area contributed by atoms with Gasteiger partial charge in [0.05, 0.1) is 19.6 Å². The predicted molar refractivity (Wildman–Crippen MR) is 50.5 cm³/mol. The van der Waals surface area contributed by atoms with E-state index in [0.29, 0.717) is 32.1 Å². The van der Waals surface area contributed by atoms with E-state index in [4.69, 9.17) is 14.0 Å². The number of carbonyl (C=O) groups excluding carboxylic acids is 1. The summed E-state index contributed by atoms with van der Waals surface area (Å²) in [6.45, 7) is 5.05. The average molecular weight is 214 g/mol. The molecule has 0 aliphatic heterocycles. The average Bonchev–Trinajstić information content (AvgIpc) is 2.67. The van der Waals surface area contributed by atoms with Crippen molar-refractivity contribution in [2.75, 3.05) is 19.8 Å². The maximum atomic E-state index is 11.1. The minimum absolute atomic E-state index is 0.0386. The van der Waals surface area contributed by atoms with E-state index < -0.39 is 5.97 Å². The van der Waals surface area contributed by atoms with Crippen LogP contribution in [-0.4, -0.2) is 35.9 Å². The Hall–Kier alpha value is -1.43. The Balaban J connectivity index is 2.45. The molecule has 0 radical (unpaired) electrons. The summed E-state index contributed by atoms with van der Waals surface area (Å²) < 4.78 is 14.7. The van der Waals surface area contributed by atoms with Gasteiger partial charge in [0.2, 0.25) is 5.89 Å². The monoisotopic (exact) mass is 214 g/mol. The number of rotatable bonds is 6. The second-order valence-electron chi connectivity index (χ2n) is 2.68. The summed E-state index contributed by atoms with van der Waals surface area (Å²) in [5, 5.41) is 3.50. The second kappa shape index (κ2) is 6.13. The molecular weight excluding hydrogens is 200 g/mol. The number of carbonyl (C=O) groups is 1. The van der Waals surface area contributed by atoms with Gasteiger partial charge in [-0.2, -0.15) is 4.98 Å². The third-order valence-electron chi connectivity index (χ3n) is 1.59. The van der Waals surface area contributed by atoms with E-state index in [1.807, 2.05) is 6.92 Å². The van der Waals surface area contributed by atoms with Crippen LogP contribution in [0.1, 0.15) is 30.4 Å². The van der Waals surface area contributed by atoms with Crippen LogP contribution >= 0.6 is 0 Å². The van der Waals surface area contributed by atoms with Gasteiger partial charge in [-0.1, -0.05) is 0 Å². The van der Waals surface area contributed by atoms with E-state index in [0.717, 1.165) is 0 Å². The molecule has 0 aliphatic carbocycles. The maximum Gasteiger partial charge on any atom is 0.379 e. The van der Waals surface area contributed by atoms with Gasteiger partial charge in [0.25, 0.3) is 5.82 Å². The Labute approximate surface area is 87.6 Å². The Bertz CT molecular complexity index is 311. The van der Waals surface area contributed by atoms with Crippen LogP contribution in [0.2, 0.25) is 0 Å². The fraction of sp³-hybridized carbons (Fsp3) is 0.667. The van der Waals surface area contributed by atoms with Crippen molar-refractivity contribution < 1.29 is 18.8 Å². The maximum absolute atomic E-state index is 11.1. The van der Waals surface area contributed by atoms with Crippen molar-refractivity contribution in [3.8, 4) is 0 Å². The molecule has 1 aromatic rings. The number of nitrogens with zero attached hydrogens (tertiary/aromatic N) is 2. The van der Waals surface area contributed by atoms with Crippen LogP contribution in [0.3, 0.4) is 0 Å². The molecule has 0 amide bonds. The molecular formula is C9H14N2O4. The first-order valence-electron chi connectivity index (χ1n) is 4.85. The van der Waals surface area contributed by atoms with Gasteiger partial charge in [-0.3, -0.25) is 0 Å². The van der Waals surface area contributed by atoms with Gasteiger partial charge in [0.15, 0.2) is 0 Å². The van der Waals surface area contributed by atoms with E-state index in [2.05, 4.69) is 10.1 Å². The Morgan fingerprint density at radius 1 is 1.40 bits per heavy atom. The molecule has 0 bridgehead atoms. The van der Waals surface area contributed by atoms with Crippen LogP contribution in [0, 0.1) is 0 Å². The van der Waals surface area contributed by atoms with Gasteiger partial charge in [-0.15, -0.1) is 0 Å². The third kappa shape index (κ3) is 3.67. The molecule has 6 heteroatoms. The van der Waals surface area contributed by atoms with Crippen molar-refractivity contribution in [3.05, 3.63) is 11.7 Å². The molecule has 0 saturated carbocycles. The molecule has 0 saturated heterocycles. The molecule has 0 spiro atoms. The molecule has 15 heavy (non-hydrogen) atoms. The highest BCUT2D eigenvalue weighted by molar-refractivity contribution is 5.84. The SMILES string of the molecule is CCOCCc1nc(C(=O)OCC)no1. The van der Waals surface area contributed by atoms with E-state index >= 15 is 0 Å². The lowest BCUT2D eigenvalue weighted by molar-refractivity contribution is 0.0508.